The molecule has 1 fully saturated rings. The molecule has 1 aliphatic carbocycles. The minimum absolute atomic E-state index is 0.0798. The summed E-state index contributed by atoms with van der Waals surface area (Å²) in [5, 5.41) is 5.84. The molecular formula is C14H17N3O2S. The van der Waals surface area contributed by atoms with Crippen molar-refractivity contribution in [2.45, 2.75) is 38.1 Å². The molecule has 2 aromatic rings. The zero-order chi connectivity index (χ0) is 13.9. The molecule has 3 N–H and O–H groups in total. The van der Waals surface area contributed by atoms with Gasteiger partial charge in [0.15, 0.2) is 0 Å². The Balaban J connectivity index is 1.65. The number of amides is 2. The molecular weight excluding hydrogens is 274 g/mol. The van der Waals surface area contributed by atoms with Crippen molar-refractivity contribution in [2.24, 2.45) is 0 Å². The van der Waals surface area contributed by atoms with Crippen molar-refractivity contribution in [3.05, 3.63) is 27.9 Å². The number of rotatable bonds is 2. The third kappa shape index (κ3) is 3.01. The number of aromatic amines is 1. The molecule has 5 nitrogen and oxygen atoms in total. The maximum atomic E-state index is 11.9. The fourth-order valence-electron chi connectivity index (χ4n) is 2.62. The van der Waals surface area contributed by atoms with Crippen molar-refractivity contribution in [1.82, 2.24) is 10.3 Å². The third-order valence-electron chi connectivity index (χ3n) is 3.62. The lowest BCUT2D eigenvalue weighted by Crippen LogP contribution is -2.38. The number of urea groups is 1. The van der Waals surface area contributed by atoms with E-state index in [4.69, 9.17) is 0 Å². The summed E-state index contributed by atoms with van der Waals surface area (Å²) in [6, 6.07) is 5.54. The maximum absolute atomic E-state index is 11.9. The summed E-state index contributed by atoms with van der Waals surface area (Å²) in [6.07, 6.45) is 5.77. The molecule has 106 valence electrons. The SMILES string of the molecule is O=C(Nc1ccc2[nH]c(=O)sc2c1)NC1CCCCC1. The van der Waals surface area contributed by atoms with Crippen LogP contribution < -0.4 is 15.5 Å². The molecule has 3 rings (SSSR count). The lowest BCUT2D eigenvalue weighted by molar-refractivity contribution is 0.244. The lowest BCUT2D eigenvalue weighted by atomic mass is 9.96. The van der Waals surface area contributed by atoms with Gasteiger partial charge in [0.2, 0.25) is 0 Å². The standard InChI is InChI=1S/C14H17N3O2S/c18-13(15-9-4-2-1-3-5-9)16-10-6-7-11-12(8-10)20-14(19)17-11/h6-9H,1-5H2,(H,17,19)(H2,15,16,18). The van der Waals surface area contributed by atoms with Gasteiger partial charge in [-0.3, -0.25) is 4.79 Å². The Morgan fingerprint density at radius 3 is 2.85 bits per heavy atom. The van der Waals surface area contributed by atoms with E-state index in [2.05, 4.69) is 15.6 Å². The summed E-state index contributed by atoms with van der Waals surface area (Å²) in [5.74, 6) is 0. The van der Waals surface area contributed by atoms with E-state index in [9.17, 15) is 9.59 Å². The maximum Gasteiger partial charge on any atom is 0.319 e. The highest BCUT2D eigenvalue weighted by atomic mass is 32.1. The number of carbonyl (C=O) groups is 1. The van der Waals surface area contributed by atoms with Gasteiger partial charge >= 0.3 is 10.9 Å². The van der Waals surface area contributed by atoms with Gasteiger partial charge in [-0.05, 0) is 31.0 Å². The largest absolute Gasteiger partial charge is 0.335 e. The highest BCUT2D eigenvalue weighted by Gasteiger charge is 2.15. The Morgan fingerprint density at radius 1 is 1.25 bits per heavy atom. The highest BCUT2D eigenvalue weighted by Crippen LogP contribution is 2.20. The van der Waals surface area contributed by atoms with E-state index in [1.807, 2.05) is 12.1 Å². The molecule has 2 amide bonds. The molecule has 1 aliphatic rings. The first kappa shape index (κ1) is 13.2. The molecule has 0 aliphatic heterocycles. The van der Waals surface area contributed by atoms with Crippen LogP contribution in [0.25, 0.3) is 10.2 Å². The van der Waals surface area contributed by atoms with E-state index in [-0.39, 0.29) is 16.9 Å². The van der Waals surface area contributed by atoms with Crippen molar-refractivity contribution in [1.29, 1.82) is 0 Å². The van der Waals surface area contributed by atoms with Gasteiger partial charge in [0, 0.05) is 11.7 Å². The van der Waals surface area contributed by atoms with E-state index < -0.39 is 0 Å². The number of fused-ring (bicyclic) bond motifs is 1. The Bertz CT molecular complexity index is 670. The number of H-pyrrole nitrogens is 1. The van der Waals surface area contributed by atoms with Crippen LogP contribution in [0.2, 0.25) is 0 Å². The monoisotopic (exact) mass is 291 g/mol. The van der Waals surface area contributed by atoms with Crippen LogP contribution in [0.4, 0.5) is 10.5 Å². The molecule has 0 radical (unpaired) electrons. The Kier molecular flexibility index (Phi) is 3.73. The minimum atomic E-state index is -0.167. The summed E-state index contributed by atoms with van der Waals surface area (Å²) in [7, 11) is 0. The quantitative estimate of drug-likeness (QED) is 0.795. The van der Waals surface area contributed by atoms with Gasteiger partial charge in [-0.1, -0.05) is 30.6 Å². The molecule has 1 heterocycles. The summed E-state index contributed by atoms with van der Waals surface area (Å²) in [5.41, 5.74) is 1.51. The van der Waals surface area contributed by atoms with Gasteiger partial charge in [-0.15, -0.1) is 0 Å². The first-order chi connectivity index (χ1) is 9.70. The van der Waals surface area contributed by atoms with Crippen molar-refractivity contribution < 1.29 is 4.79 Å². The zero-order valence-corrected chi connectivity index (χ0v) is 11.9. The molecule has 1 aromatic carbocycles. The Labute approximate surface area is 120 Å². The van der Waals surface area contributed by atoms with Crippen LogP contribution in [-0.2, 0) is 0 Å². The number of benzene rings is 1. The number of carbonyl (C=O) groups excluding carboxylic acids is 1. The van der Waals surface area contributed by atoms with Crippen LogP contribution >= 0.6 is 11.3 Å². The molecule has 0 saturated heterocycles. The number of hydrogen-bond acceptors (Lipinski definition) is 3. The van der Waals surface area contributed by atoms with Gasteiger partial charge in [0.05, 0.1) is 10.2 Å². The molecule has 0 atom stereocenters. The van der Waals surface area contributed by atoms with E-state index in [1.165, 1.54) is 19.3 Å². The summed E-state index contributed by atoms with van der Waals surface area (Å²) >= 11 is 1.15. The molecule has 0 spiro atoms. The molecule has 1 aromatic heterocycles. The summed E-state index contributed by atoms with van der Waals surface area (Å²) in [4.78, 5) is 25.8. The summed E-state index contributed by atoms with van der Waals surface area (Å²) < 4.78 is 0.852. The second-order valence-corrected chi connectivity index (χ2v) is 6.17. The van der Waals surface area contributed by atoms with Gasteiger partial charge in [0.1, 0.15) is 0 Å². The van der Waals surface area contributed by atoms with Gasteiger partial charge in [-0.2, -0.15) is 0 Å². The van der Waals surface area contributed by atoms with Gasteiger partial charge in [0.25, 0.3) is 0 Å². The number of thiazole rings is 1. The predicted molar refractivity (Wildman–Crippen MR) is 81.5 cm³/mol. The van der Waals surface area contributed by atoms with Crippen LogP contribution in [0.5, 0.6) is 0 Å². The second kappa shape index (κ2) is 5.66. The van der Waals surface area contributed by atoms with Crippen LogP contribution in [-0.4, -0.2) is 17.1 Å². The molecule has 20 heavy (non-hydrogen) atoms. The predicted octanol–water partition coefficient (Wildman–Crippen LogP) is 3.04. The van der Waals surface area contributed by atoms with E-state index >= 15 is 0 Å². The van der Waals surface area contributed by atoms with Crippen molar-refractivity contribution in [3.8, 4) is 0 Å². The summed E-state index contributed by atoms with van der Waals surface area (Å²) in [6.45, 7) is 0. The number of nitrogens with one attached hydrogen (secondary N) is 3. The first-order valence-electron chi connectivity index (χ1n) is 6.91. The molecule has 0 bridgehead atoms. The van der Waals surface area contributed by atoms with Crippen LogP contribution in [0.1, 0.15) is 32.1 Å². The third-order valence-corrected chi connectivity index (χ3v) is 4.46. The van der Waals surface area contributed by atoms with Crippen molar-refractivity contribution >= 4 is 33.3 Å². The zero-order valence-electron chi connectivity index (χ0n) is 11.1. The minimum Gasteiger partial charge on any atom is -0.335 e. The average Bonchev–Trinajstić information content (AvgIpc) is 2.79. The Morgan fingerprint density at radius 2 is 2.05 bits per heavy atom. The topological polar surface area (TPSA) is 74.0 Å². The fraction of sp³-hybridized carbons (Fsp3) is 0.429. The number of aromatic nitrogens is 1. The van der Waals surface area contributed by atoms with Crippen LogP contribution in [0.15, 0.2) is 23.0 Å². The molecule has 0 unspecified atom stereocenters. The van der Waals surface area contributed by atoms with Gasteiger partial charge < -0.3 is 15.6 Å². The fourth-order valence-corrected chi connectivity index (χ4v) is 3.40. The second-order valence-electron chi connectivity index (χ2n) is 5.16. The van der Waals surface area contributed by atoms with E-state index in [1.54, 1.807) is 6.07 Å². The molecule has 1 saturated carbocycles. The van der Waals surface area contributed by atoms with Crippen molar-refractivity contribution in [3.63, 3.8) is 0 Å². The van der Waals surface area contributed by atoms with Crippen LogP contribution in [0.3, 0.4) is 0 Å². The molecule has 6 heteroatoms. The van der Waals surface area contributed by atoms with Crippen LogP contribution in [0, 0.1) is 0 Å². The number of hydrogen-bond donors (Lipinski definition) is 3. The lowest BCUT2D eigenvalue weighted by Gasteiger charge is -2.22. The van der Waals surface area contributed by atoms with E-state index in [0.29, 0.717) is 5.69 Å². The first-order valence-corrected chi connectivity index (χ1v) is 7.73. The number of anilines is 1. The van der Waals surface area contributed by atoms with E-state index in [0.717, 1.165) is 34.4 Å². The Hall–Kier alpha value is -1.82. The average molecular weight is 291 g/mol. The smallest absolute Gasteiger partial charge is 0.319 e. The highest BCUT2D eigenvalue weighted by molar-refractivity contribution is 7.16. The van der Waals surface area contributed by atoms with Gasteiger partial charge in [-0.25, -0.2) is 4.79 Å². The van der Waals surface area contributed by atoms with Crippen molar-refractivity contribution in [2.75, 3.05) is 5.32 Å². The normalized spacial score (nSPS) is 16.2.